The van der Waals surface area contributed by atoms with Crippen molar-refractivity contribution in [2.45, 2.75) is 0 Å². The largest absolute Gasteiger partial charge is 0.497 e. The molecule has 0 heterocycles. The summed E-state index contributed by atoms with van der Waals surface area (Å²) in [6, 6.07) is 7.47. The van der Waals surface area contributed by atoms with Crippen LogP contribution in [0.4, 0.5) is 0 Å². The highest BCUT2D eigenvalue weighted by Crippen LogP contribution is 2.17. The van der Waals surface area contributed by atoms with Gasteiger partial charge in [0.25, 0.3) is 0 Å². The molecule has 0 aliphatic rings. The molecule has 0 unspecified atom stereocenters. The molecule has 0 fully saturated rings. The number of benzene rings is 1. The molecular formula is C8H13BO4. The van der Waals surface area contributed by atoms with Gasteiger partial charge in [-0.15, -0.1) is 0 Å². The first-order chi connectivity index (χ1) is 6.28. The molecule has 4 nitrogen and oxygen atoms in total. The average Bonchev–Trinajstić information content (AvgIpc) is 2.19. The molecule has 0 saturated heterocycles. The van der Waals surface area contributed by atoms with E-state index in [1.54, 1.807) is 14.2 Å². The van der Waals surface area contributed by atoms with Crippen LogP contribution in [0, 0.1) is 0 Å². The van der Waals surface area contributed by atoms with Gasteiger partial charge in [-0.3, -0.25) is 0 Å². The van der Waals surface area contributed by atoms with Crippen molar-refractivity contribution in [3.8, 4) is 11.5 Å². The molecular weight excluding hydrogens is 171 g/mol. The van der Waals surface area contributed by atoms with Gasteiger partial charge in [0.15, 0.2) is 0 Å². The van der Waals surface area contributed by atoms with Crippen molar-refractivity contribution < 1.29 is 19.5 Å². The maximum Gasteiger partial charge on any atom is 0.432 e. The second kappa shape index (κ2) is 7.45. The van der Waals surface area contributed by atoms with Gasteiger partial charge in [-0.25, -0.2) is 0 Å². The Morgan fingerprint density at radius 3 is 1.77 bits per heavy atom. The molecule has 0 amide bonds. The summed E-state index contributed by atoms with van der Waals surface area (Å²) in [6.45, 7) is 0. The van der Waals surface area contributed by atoms with Crippen LogP contribution in [0.25, 0.3) is 0 Å². The first kappa shape index (κ1) is 11.8. The molecule has 1 rings (SSSR count). The zero-order chi connectivity index (χ0) is 10.1. The van der Waals surface area contributed by atoms with Gasteiger partial charge >= 0.3 is 7.69 Å². The molecule has 5 heteroatoms. The lowest BCUT2D eigenvalue weighted by molar-refractivity contribution is 0.394. The lowest BCUT2D eigenvalue weighted by Crippen LogP contribution is -1.84. The van der Waals surface area contributed by atoms with Crippen LogP contribution in [0.15, 0.2) is 24.3 Å². The van der Waals surface area contributed by atoms with Gasteiger partial charge in [-0.1, -0.05) is 6.07 Å². The molecule has 0 aromatic heterocycles. The smallest absolute Gasteiger partial charge is 0.432 e. The summed E-state index contributed by atoms with van der Waals surface area (Å²) in [7, 11) is 2.52. The van der Waals surface area contributed by atoms with Gasteiger partial charge in [-0.05, 0) is 12.1 Å². The van der Waals surface area contributed by atoms with Crippen molar-refractivity contribution in [3.05, 3.63) is 24.3 Å². The number of hydrogen-bond acceptors (Lipinski definition) is 4. The van der Waals surface area contributed by atoms with Crippen molar-refractivity contribution in [1.82, 2.24) is 0 Å². The summed E-state index contributed by atoms with van der Waals surface area (Å²) in [5.41, 5.74) is 0. The van der Waals surface area contributed by atoms with E-state index in [0.29, 0.717) is 0 Å². The predicted molar refractivity (Wildman–Crippen MR) is 51.1 cm³/mol. The Balaban J connectivity index is 0.000000424. The molecule has 72 valence electrons. The highest BCUT2D eigenvalue weighted by molar-refractivity contribution is 6.13. The maximum atomic E-state index is 7.12. The molecule has 0 saturated carbocycles. The van der Waals surface area contributed by atoms with E-state index in [9.17, 15) is 0 Å². The zero-order valence-electron chi connectivity index (χ0n) is 7.73. The predicted octanol–water partition coefficient (Wildman–Crippen LogP) is -0.0587. The van der Waals surface area contributed by atoms with E-state index in [1.165, 1.54) is 0 Å². The van der Waals surface area contributed by atoms with Crippen LogP contribution in [0.1, 0.15) is 0 Å². The number of ether oxygens (including phenoxy) is 2. The van der Waals surface area contributed by atoms with Crippen molar-refractivity contribution in [3.63, 3.8) is 0 Å². The first-order valence-corrected chi connectivity index (χ1v) is 3.68. The average molecular weight is 184 g/mol. The van der Waals surface area contributed by atoms with E-state index in [2.05, 4.69) is 0 Å². The quantitative estimate of drug-likeness (QED) is 0.632. The summed E-state index contributed by atoms with van der Waals surface area (Å²) in [5.74, 6) is 1.64. The molecule has 0 aliphatic carbocycles. The fraction of sp³-hybridized carbons (Fsp3) is 0.250. The van der Waals surface area contributed by atoms with Crippen LogP contribution in [0.3, 0.4) is 0 Å². The van der Waals surface area contributed by atoms with Crippen LogP contribution >= 0.6 is 0 Å². The first-order valence-electron chi connectivity index (χ1n) is 3.68. The third-order valence-corrected chi connectivity index (χ3v) is 1.28. The lowest BCUT2D eigenvalue weighted by Gasteiger charge is -2.01. The van der Waals surface area contributed by atoms with Gasteiger partial charge in [0.1, 0.15) is 11.5 Å². The fourth-order valence-electron chi connectivity index (χ4n) is 0.728. The minimum atomic E-state index is -0.750. The third-order valence-electron chi connectivity index (χ3n) is 1.28. The Labute approximate surface area is 78.0 Å². The van der Waals surface area contributed by atoms with E-state index in [0.717, 1.165) is 11.5 Å². The molecule has 2 N–H and O–H groups in total. The normalized spacial score (nSPS) is 8.00. The molecule has 1 aromatic rings. The van der Waals surface area contributed by atoms with Crippen LogP contribution in [0.2, 0.25) is 0 Å². The Morgan fingerprint density at radius 2 is 1.46 bits per heavy atom. The molecule has 0 atom stereocenters. The van der Waals surface area contributed by atoms with E-state index < -0.39 is 7.69 Å². The zero-order valence-corrected chi connectivity index (χ0v) is 7.73. The van der Waals surface area contributed by atoms with E-state index in [-0.39, 0.29) is 0 Å². The van der Waals surface area contributed by atoms with Crippen molar-refractivity contribution in [1.29, 1.82) is 0 Å². The molecule has 0 bridgehead atoms. The second-order valence-corrected chi connectivity index (χ2v) is 2.02. The monoisotopic (exact) mass is 184 g/mol. The maximum absolute atomic E-state index is 7.12. The summed E-state index contributed by atoms with van der Waals surface area (Å²) in [6.07, 6.45) is 0. The van der Waals surface area contributed by atoms with Crippen LogP contribution < -0.4 is 9.47 Å². The highest BCUT2D eigenvalue weighted by Gasteiger charge is 1.91. The molecule has 0 aliphatic heterocycles. The summed E-state index contributed by atoms with van der Waals surface area (Å²) in [4.78, 5) is 0. The standard InChI is InChI=1S/C8H10O2.BH3O2/c1-9-7-4-3-5-8(6-7)10-2;2-1-3/h3-6H,1-2H3;1-3H. The number of rotatable bonds is 2. The van der Waals surface area contributed by atoms with Crippen LogP contribution in [-0.4, -0.2) is 32.0 Å². The molecule has 1 aromatic carbocycles. The van der Waals surface area contributed by atoms with E-state index >= 15 is 0 Å². The fourth-order valence-corrected chi connectivity index (χ4v) is 0.728. The van der Waals surface area contributed by atoms with Gasteiger partial charge in [0.05, 0.1) is 14.2 Å². The minimum Gasteiger partial charge on any atom is -0.497 e. The van der Waals surface area contributed by atoms with Crippen LogP contribution in [-0.2, 0) is 0 Å². The van der Waals surface area contributed by atoms with E-state index in [1.807, 2.05) is 24.3 Å². The topological polar surface area (TPSA) is 58.9 Å². The van der Waals surface area contributed by atoms with Crippen molar-refractivity contribution in [2.75, 3.05) is 14.2 Å². The van der Waals surface area contributed by atoms with Crippen LogP contribution in [0.5, 0.6) is 11.5 Å². The van der Waals surface area contributed by atoms with E-state index in [4.69, 9.17) is 19.5 Å². The third kappa shape index (κ3) is 5.11. The van der Waals surface area contributed by atoms with Gasteiger partial charge in [0.2, 0.25) is 0 Å². The number of hydrogen-bond donors (Lipinski definition) is 2. The molecule has 0 spiro atoms. The van der Waals surface area contributed by atoms with Crippen molar-refractivity contribution in [2.24, 2.45) is 0 Å². The lowest BCUT2D eigenvalue weighted by atomic mass is 10.3. The molecule has 0 radical (unpaired) electrons. The van der Waals surface area contributed by atoms with Gasteiger partial charge in [-0.2, -0.15) is 0 Å². The minimum absolute atomic E-state index is 0.750. The summed E-state index contributed by atoms with van der Waals surface area (Å²) in [5, 5.41) is 14.2. The SMILES string of the molecule is COc1cccc(OC)c1.OBO. The Morgan fingerprint density at radius 1 is 1.08 bits per heavy atom. The Kier molecular flexibility index (Phi) is 6.77. The summed E-state index contributed by atoms with van der Waals surface area (Å²) >= 11 is 0. The second-order valence-electron chi connectivity index (χ2n) is 2.02. The highest BCUT2D eigenvalue weighted by atomic mass is 16.5. The summed E-state index contributed by atoms with van der Waals surface area (Å²) < 4.78 is 9.95. The Bertz CT molecular complexity index is 210. The number of methoxy groups -OCH3 is 2. The molecule has 13 heavy (non-hydrogen) atoms. The Hall–Kier alpha value is -1.20. The van der Waals surface area contributed by atoms with Gasteiger partial charge < -0.3 is 19.5 Å². The van der Waals surface area contributed by atoms with Gasteiger partial charge in [0, 0.05) is 6.07 Å². The van der Waals surface area contributed by atoms with Crippen molar-refractivity contribution >= 4 is 7.69 Å².